The van der Waals surface area contributed by atoms with E-state index in [0.717, 1.165) is 25.9 Å². The predicted molar refractivity (Wildman–Crippen MR) is 73.3 cm³/mol. The van der Waals surface area contributed by atoms with Gasteiger partial charge in [-0.1, -0.05) is 6.92 Å². The Morgan fingerprint density at radius 1 is 1.26 bits per heavy atom. The van der Waals surface area contributed by atoms with E-state index in [4.69, 9.17) is 13.6 Å². The molecule has 2 aliphatic rings. The number of piperidine rings is 1. The molecular formula is C13H22NO4P. The van der Waals surface area contributed by atoms with E-state index in [1.54, 1.807) is 13.0 Å². The molecule has 0 aliphatic carbocycles. The average Bonchev–Trinajstić information content (AvgIpc) is 2.42. The molecule has 0 bridgehead atoms. The van der Waals surface area contributed by atoms with Crippen LogP contribution in [-0.4, -0.2) is 37.1 Å². The molecule has 5 nitrogen and oxygen atoms in total. The highest BCUT2D eigenvalue weighted by atomic mass is 31.2. The van der Waals surface area contributed by atoms with Crippen LogP contribution in [0.3, 0.4) is 0 Å². The van der Waals surface area contributed by atoms with Gasteiger partial charge in [0.1, 0.15) is 5.76 Å². The molecule has 2 heterocycles. The fourth-order valence-corrected chi connectivity index (χ4v) is 3.26. The average molecular weight is 287 g/mol. The van der Waals surface area contributed by atoms with Gasteiger partial charge in [0.25, 0.3) is 0 Å². The minimum Gasteiger partial charge on any atom is -0.431 e. The zero-order valence-corrected chi connectivity index (χ0v) is 12.5. The number of likely N-dealkylation sites (tertiary alicyclic amines) is 1. The maximum absolute atomic E-state index is 12.0. The van der Waals surface area contributed by atoms with Crippen molar-refractivity contribution >= 4 is 14.5 Å². The molecule has 0 aromatic rings. The quantitative estimate of drug-likeness (QED) is 0.455. The van der Waals surface area contributed by atoms with Crippen molar-refractivity contribution in [3.05, 3.63) is 11.8 Å². The maximum atomic E-state index is 12.0. The summed E-state index contributed by atoms with van der Waals surface area (Å²) in [5.74, 6) is 0.996. The second kappa shape index (κ2) is 7.22. The molecular weight excluding hydrogens is 265 g/mol. The molecule has 2 fully saturated rings. The van der Waals surface area contributed by atoms with Gasteiger partial charge in [-0.05, 0) is 26.2 Å². The number of carbonyl (C=O) groups is 1. The maximum Gasteiger partial charge on any atom is 0.396 e. The van der Waals surface area contributed by atoms with E-state index in [0.29, 0.717) is 24.9 Å². The minimum absolute atomic E-state index is 0.0255. The van der Waals surface area contributed by atoms with Gasteiger partial charge in [0, 0.05) is 25.1 Å². The van der Waals surface area contributed by atoms with Crippen molar-refractivity contribution in [2.75, 3.05) is 26.3 Å². The standard InChI is InChI=1S/C13H22NO4P/c1-11-9-16-19(17-10-11)18-12(2)8-13(15)14-6-4-3-5-7-14/h8,11H,3-7,9-10H2,1-2H3/b12-8+. The third-order valence-corrected chi connectivity index (χ3v) is 4.30. The van der Waals surface area contributed by atoms with Crippen LogP contribution in [0.4, 0.5) is 0 Å². The van der Waals surface area contributed by atoms with Crippen LogP contribution in [-0.2, 0) is 18.4 Å². The van der Waals surface area contributed by atoms with E-state index in [9.17, 15) is 4.79 Å². The molecule has 6 heteroatoms. The first-order chi connectivity index (χ1) is 9.15. The van der Waals surface area contributed by atoms with E-state index in [1.165, 1.54) is 6.42 Å². The van der Waals surface area contributed by atoms with Crippen molar-refractivity contribution in [2.24, 2.45) is 5.92 Å². The first-order valence-corrected chi connectivity index (χ1v) is 7.96. The number of hydrogen-bond donors (Lipinski definition) is 0. The smallest absolute Gasteiger partial charge is 0.396 e. The summed E-state index contributed by atoms with van der Waals surface area (Å²) in [6.45, 7) is 6.84. The van der Waals surface area contributed by atoms with Crippen LogP contribution in [0.5, 0.6) is 0 Å². The highest BCUT2D eigenvalue weighted by molar-refractivity contribution is 7.41. The van der Waals surface area contributed by atoms with Crippen LogP contribution in [0.15, 0.2) is 11.8 Å². The molecule has 0 aromatic carbocycles. The van der Waals surface area contributed by atoms with Crippen LogP contribution in [0.2, 0.25) is 0 Å². The van der Waals surface area contributed by atoms with Gasteiger partial charge in [-0.2, -0.15) is 0 Å². The highest BCUT2D eigenvalue weighted by Gasteiger charge is 2.23. The van der Waals surface area contributed by atoms with E-state index in [-0.39, 0.29) is 5.91 Å². The second-order valence-corrected chi connectivity index (χ2v) is 6.30. The van der Waals surface area contributed by atoms with Crippen molar-refractivity contribution in [2.45, 2.75) is 33.1 Å². The van der Waals surface area contributed by atoms with Crippen LogP contribution < -0.4 is 0 Å². The number of nitrogens with zero attached hydrogens (tertiary/aromatic N) is 1. The van der Waals surface area contributed by atoms with Crippen molar-refractivity contribution in [3.63, 3.8) is 0 Å². The number of amides is 1. The molecule has 0 N–H and O–H groups in total. The molecule has 2 aliphatic heterocycles. The second-order valence-electron chi connectivity index (χ2n) is 5.15. The molecule has 0 radical (unpaired) electrons. The molecule has 0 unspecified atom stereocenters. The zero-order valence-electron chi connectivity index (χ0n) is 11.6. The van der Waals surface area contributed by atoms with E-state index < -0.39 is 8.60 Å². The number of rotatable bonds is 3. The third kappa shape index (κ3) is 4.75. The Balaban J connectivity index is 1.79. The first-order valence-electron chi connectivity index (χ1n) is 6.86. The summed E-state index contributed by atoms with van der Waals surface area (Å²) in [6, 6.07) is 0. The molecule has 0 aromatic heterocycles. The number of hydrogen-bond acceptors (Lipinski definition) is 4. The summed E-state index contributed by atoms with van der Waals surface area (Å²) in [6.07, 6.45) is 4.94. The lowest BCUT2D eigenvalue weighted by atomic mass is 10.1. The molecule has 2 saturated heterocycles. The van der Waals surface area contributed by atoms with Gasteiger partial charge in [0.05, 0.1) is 13.2 Å². The Bertz CT molecular complexity index is 334. The van der Waals surface area contributed by atoms with Crippen LogP contribution in [0, 0.1) is 5.92 Å². The first kappa shape index (κ1) is 14.8. The molecule has 1 amide bonds. The Morgan fingerprint density at radius 3 is 2.53 bits per heavy atom. The minimum atomic E-state index is -1.32. The molecule has 108 valence electrons. The zero-order chi connectivity index (χ0) is 13.7. The van der Waals surface area contributed by atoms with E-state index in [1.807, 2.05) is 4.90 Å². The molecule has 2 rings (SSSR count). The third-order valence-electron chi connectivity index (χ3n) is 3.14. The fourth-order valence-electron chi connectivity index (χ4n) is 2.04. The largest absolute Gasteiger partial charge is 0.431 e. The van der Waals surface area contributed by atoms with Gasteiger partial charge in [0.15, 0.2) is 0 Å². The Hall–Kier alpha value is -0.640. The van der Waals surface area contributed by atoms with Gasteiger partial charge in [-0.25, -0.2) is 0 Å². The Morgan fingerprint density at radius 2 is 1.89 bits per heavy atom. The van der Waals surface area contributed by atoms with Gasteiger partial charge in [-0.3, -0.25) is 4.79 Å². The van der Waals surface area contributed by atoms with Crippen LogP contribution in [0.25, 0.3) is 0 Å². The summed E-state index contributed by atoms with van der Waals surface area (Å²) < 4.78 is 16.4. The number of allylic oxidation sites excluding steroid dienone is 1. The molecule has 0 spiro atoms. The molecule has 19 heavy (non-hydrogen) atoms. The van der Waals surface area contributed by atoms with Crippen molar-refractivity contribution in [3.8, 4) is 0 Å². The van der Waals surface area contributed by atoms with Gasteiger partial charge >= 0.3 is 8.60 Å². The topological polar surface area (TPSA) is 48.0 Å². The highest BCUT2D eigenvalue weighted by Crippen LogP contribution is 2.45. The summed E-state index contributed by atoms with van der Waals surface area (Å²) in [7, 11) is -1.32. The van der Waals surface area contributed by atoms with Crippen molar-refractivity contribution < 1.29 is 18.4 Å². The number of carbonyl (C=O) groups excluding carboxylic acids is 1. The van der Waals surface area contributed by atoms with Gasteiger partial charge in [0.2, 0.25) is 5.91 Å². The van der Waals surface area contributed by atoms with Crippen LogP contribution >= 0.6 is 8.60 Å². The lowest BCUT2D eigenvalue weighted by Crippen LogP contribution is -2.34. The summed E-state index contributed by atoms with van der Waals surface area (Å²) in [5.41, 5.74) is 0. The SMILES string of the molecule is C/C(=C\C(=O)N1CCCCC1)OP1OCC(C)CO1. The Labute approximate surface area is 115 Å². The summed E-state index contributed by atoms with van der Waals surface area (Å²) in [5, 5.41) is 0. The van der Waals surface area contributed by atoms with Gasteiger partial charge in [-0.15, -0.1) is 0 Å². The molecule has 0 saturated carbocycles. The normalized spacial score (nSPS) is 29.2. The van der Waals surface area contributed by atoms with Crippen LogP contribution in [0.1, 0.15) is 33.1 Å². The monoisotopic (exact) mass is 287 g/mol. The summed E-state index contributed by atoms with van der Waals surface area (Å²) >= 11 is 0. The van der Waals surface area contributed by atoms with Crippen molar-refractivity contribution in [1.82, 2.24) is 4.90 Å². The predicted octanol–water partition coefficient (Wildman–Crippen LogP) is 2.83. The lowest BCUT2D eigenvalue weighted by Gasteiger charge is -2.27. The lowest BCUT2D eigenvalue weighted by molar-refractivity contribution is -0.127. The van der Waals surface area contributed by atoms with Gasteiger partial charge < -0.3 is 18.5 Å². The summed E-state index contributed by atoms with van der Waals surface area (Å²) in [4.78, 5) is 13.9. The fraction of sp³-hybridized carbons (Fsp3) is 0.769. The molecule has 0 atom stereocenters. The Kier molecular flexibility index (Phi) is 5.61. The van der Waals surface area contributed by atoms with E-state index in [2.05, 4.69) is 6.92 Å². The van der Waals surface area contributed by atoms with Crippen molar-refractivity contribution in [1.29, 1.82) is 0 Å². The van der Waals surface area contributed by atoms with E-state index >= 15 is 0 Å².